The van der Waals surface area contributed by atoms with E-state index in [9.17, 15) is 4.79 Å². The van der Waals surface area contributed by atoms with Gasteiger partial charge < -0.3 is 14.2 Å². The van der Waals surface area contributed by atoms with E-state index in [4.69, 9.17) is 14.2 Å². The Kier molecular flexibility index (Phi) is 3.41. The molecule has 86 valence electrons. The lowest BCUT2D eigenvalue weighted by Gasteiger charge is -2.11. The van der Waals surface area contributed by atoms with Crippen LogP contribution in [0.15, 0.2) is 30.3 Å². The van der Waals surface area contributed by atoms with Crippen molar-refractivity contribution < 1.29 is 19.0 Å². The SMILES string of the molecule is C[C@H]1OC(=O)O[C@H]1COCc1ccccc1. The molecule has 0 spiro atoms. The second-order valence-electron chi connectivity index (χ2n) is 3.73. The van der Waals surface area contributed by atoms with Gasteiger partial charge >= 0.3 is 6.16 Å². The van der Waals surface area contributed by atoms with Crippen LogP contribution in [0, 0.1) is 0 Å². The van der Waals surface area contributed by atoms with Gasteiger partial charge in [0.15, 0.2) is 6.10 Å². The van der Waals surface area contributed by atoms with Gasteiger partial charge in [-0.3, -0.25) is 0 Å². The normalized spacial score (nSPS) is 23.9. The quantitative estimate of drug-likeness (QED) is 0.732. The molecule has 0 aliphatic carbocycles. The van der Waals surface area contributed by atoms with Crippen LogP contribution in [0.4, 0.5) is 4.79 Å². The highest BCUT2D eigenvalue weighted by molar-refractivity contribution is 5.62. The molecule has 2 rings (SSSR count). The smallest absolute Gasteiger partial charge is 0.427 e. The Morgan fingerprint density at radius 3 is 2.62 bits per heavy atom. The van der Waals surface area contributed by atoms with Gasteiger partial charge in [-0.2, -0.15) is 0 Å². The first kappa shape index (κ1) is 11.0. The summed E-state index contributed by atoms with van der Waals surface area (Å²) in [4.78, 5) is 10.8. The van der Waals surface area contributed by atoms with Crippen LogP contribution < -0.4 is 0 Å². The zero-order valence-electron chi connectivity index (χ0n) is 9.09. The lowest BCUT2D eigenvalue weighted by atomic mass is 10.2. The first-order valence-corrected chi connectivity index (χ1v) is 5.24. The Morgan fingerprint density at radius 2 is 2.00 bits per heavy atom. The maximum Gasteiger partial charge on any atom is 0.509 e. The third-order valence-corrected chi connectivity index (χ3v) is 2.45. The summed E-state index contributed by atoms with van der Waals surface area (Å²) in [5, 5.41) is 0. The zero-order chi connectivity index (χ0) is 11.4. The molecule has 1 aromatic rings. The maximum atomic E-state index is 10.8. The Labute approximate surface area is 94.1 Å². The molecule has 2 atom stereocenters. The number of ether oxygens (including phenoxy) is 3. The third-order valence-electron chi connectivity index (χ3n) is 2.45. The van der Waals surface area contributed by atoms with E-state index in [1.807, 2.05) is 30.3 Å². The molecule has 0 amide bonds. The molecule has 1 aromatic carbocycles. The Balaban J connectivity index is 1.74. The average molecular weight is 222 g/mol. The molecule has 4 nitrogen and oxygen atoms in total. The number of benzene rings is 1. The van der Waals surface area contributed by atoms with Crippen molar-refractivity contribution in [2.24, 2.45) is 0 Å². The molecular formula is C12H14O4. The van der Waals surface area contributed by atoms with Gasteiger partial charge in [0.25, 0.3) is 0 Å². The average Bonchev–Trinajstić information content (AvgIpc) is 2.59. The van der Waals surface area contributed by atoms with Gasteiger partial charge in [0.2, 0.25) is 0 Å². The van der Waals surface area contributed by atoms with Crippen molar-refractivity contribution in [3.05, 3.63) is 35.9 Å². The molecule has 1 aliphatic heterocycles. The van der Waals surface area contributed by atoms with Crippen LogP contribution in [0.3, 0.4) is 0 Å². The monoisotopic (exact) mass is 222 g/mol. The lowest BCUT2D eigenvalue weighted by molar-refractivity contribution is 0.0265. The van der Waals surface area contributed by atoms with E-state index in [-0.39, 0.29) is 12.2 Å². The molecule has 4 heteroatoms. The summed E-state index contributed by atoms with van der Waals surface area (Å²) in [5.74, 6) is 0. The first-order valence-electron chi connectivity index (χ1n) is 5.24. The van der Waals surface area contributed by atoms with Crippen molar-refractivity contribution in [2.45, 2.75) is 25.7 Å². The fourth-order valence-electron chi connectivity index (χ4n) is 1.51. The number of carbonyl (C=O) groups is 1. The fraction of sp³-hybridized carbons (Fsp3) is 0.417. The maximum absolute atomic E-state index is 10.8. The minimum absolute atomic E-state index is 0.233. The van der Waals surface area contributed by atoms with Gasteiger partial charge in [0.1, 0.15) is 6.10 Å². The van der Waals surface area contributed by atoms with E-state index in [0.717, 1.165) is 5.56 Å². The summed E-state index contributed by atoms with van der Waals surface area (Å²) >= 11 is 0. The van der Waals surface area contributed by atoms with Gasteiger partial charge in [0.05, 0.1) is 13.2 Å². The van der Waals surface area contributed by atoms with E-state index in [1.54, 1.807) is 6.92 Å². The molecule has 0 N–H and O–H groups in total. The molecule has 1 fully saturated rings. The second-order valence-corrected chi connectivity index (χ2v) is 3.73. The standard InChI is InChI=1S/C12H14O4/c1-9-11(16-12(13)15-9)8-14-7-10-5-3-2-4-6-10/h2-6,9,11H,7-8H2,1H3/t9-,11+/m1/s1. The van der Waals surface area contributed by atoms with E-state index < -0.39 is 6.16 Å². The zero-order valence-corrected chi connectivity index (χ0v) is 9.09. The number of hydrogen-bond acceptors (Lipinski definition) is 4. The first-order chi connectivity index (χ1) is 7.75. The molecule has 0 saturated carbocycles. The van der Waals surface area contributed by atoms with Crippen LogP contribution in [-0.4, -0.2) is 25.0 Å². The van der Waals surface area contributed by atoms with Crippen molar-refractivity contribution in [3.63, 3.8) is 0 Å². The van der Waals surface area contributed by atoms with E-state index in [2.05, 4.69) is 0 Å². The summed E-state index contributed by atoms with van der Waals surface area (Å²) in [5.41, 5.74) is 1.10. The highest BCUT2D eigenvalue weighted by Crippen LogP contribution is 2.15. The minimum Gasteiger partial charge on any atom is -0.427 e. The van der Waals surface area contributed by atoms with Gasteiger partial charge in [-0.1, -0.05) is 30.3 Å². The highest BCUT2D eigenvalue weighted by atomic mass is 16.8. The third kappa shape index (κ3) is 2.73. The predicted molar refractivity (Wildman–Crippen MR) is 56.9 cm³/mol. The lowest BCUT2D eigenvalue weighted by Crippen LogP contribution is -2.24. The van der Waals surface area contributed by atoms with Crippen LogP contribution in [0.5, 0.6) is 0 Å². The van der Waals surface area contributed by atoms with Crippen LogP contribution in [-0.2, 0) is 20.8 Å². The molecule has 16 heavy (non-hydrogen) atoms. The Bertz CT molecular complexity index is 349. The second kappa shape index (κ2) is 4.99. The summed E-state index contributed by atoms with van der Waals surface area (Å²) in [7, 11) is 0. The van der Waals surface area contributed by atoms with Gasteiger partial charge in [-0.25, -0.2) is 4.79 Å². The Hall–Kier alpha value is -1.55. The summed E-state index contributed by atoms with van der Waals surface area (Å²) in [6.07, 6.45) is -1.14. The van der Waals surface area contributed by atoms with Crippen LogP contribution in [0.2, 0.25) is 0 Å². The molecule has 1 heterocycles. The minimum atomic E-state index is -0.610. The van der Waals surface area contributed by atoms with E-state index >= 15 is 0 Å². The van der Waals surface area contributed by atoms with Crippen molar-refractivity contribution in [3.8, 4) is 0 Å². The topological polar surface area (TPSA) is 44.8 Å². The number of rotatable bonds is 4. The number of hydrogen-bond donors (Lipinski definition) is 0. The Morgan fingerprint density at radius 1 is 1.25 bits per heavy atom. The molecule has 1 saturated heterocycles. The summed E-state index contributed by atoms with van der Waals surface area (Å²) < 4.78 is 15.2. The number of carbonyl (C=O) groups excluding carboxylic acids is 1. The van der Waals surface area contributed by atoms with Crippen LogP contribution in [0.25, 0.3) is 0 Å². The van der Waals surface area contributed by atoms with Crippen LogP contribution >= 0.6 is 0 Å². The van der Waals surface area contributed by atoms with Gasteiger partial charge in [-0.15, -0.1) is 0 Å². The summed E-state index contributed by atoms with van der Waals surface area (Å²) in [6, 6.07) is 9.85. The molecule has 0 bridgehead atoms. The molecule has 1 aliphatic rings. The van der Waals surface area contributed by atoms with Crippen molar-refractivity contribution in [2.75, 3.05) is 6.61 Å². The van der Waals surface area contributed by atoms with Crippen LogP contribution in [0.1, 0.15) is 12.5 Å². The predicted octanol–water partition coefficient (Wildman–Crippen LogP) is 2.13. The van der Waals surface area contributed by atoms with Crippen molar-refractivity contribution in [1.82, 2.24) is 0 Å². The van der Waals surface area contributed by atoms with E-state index in [0.29, 0.717) is 13.2 Å². The van der Waals surface area contributed by atoms with Gasteiger partial charge in [-0.05, 0) is 12.5 Å². The molecule has 0 aromatic heterocycles. The van der Waals surface area contributed by atoms with Crippen molar-refractivity contribution in [1.29, 1.82) is 0 Å². The van der Waals surface area contributed by atoms with Crippen molar-refractivity contribution >= 4 is 6.16 Å². The largest absolute Gasteiger partial charge is 0.509 e. The molecule has 0 radical (unpaired) electrons. The molecule has 0 unspecified atom stereocenters. The molecular weight excluding hydrogens is 208 g/mol. The highest BCUT2D eigenvalue weighted by Gasteiger charge is 2.33. The number of cyclic esters (lactones) is 2. The summed E-state index contributed by atoms with van der Waals surface area (Å²) in [6.45, 7) is 2.67. The van der Waals surface area contributed by atoms with E-state index in [1.165, 1.54) is 0 Å². The fourth-order valence-corrected chi connectivity index (χ4v) is 1.51. The van der Waals surface area contributed by atoms with Gasteiger partial charge in [0, 0.05) is 0 Å².